The third-order valence-electron chi connectivity index (χ3n) is 2.79. The van der Waals surface area contributed by atoms with Gasteiger partial charge in [0.2, 0.25) is 0 Å². The van der Waals surface area contributed by atoms with Gasteiger partial charge in [-0.1, -0.05) is 41.4 Å². The molecule has 20 heavy (non-hydrogen) atoms. The van der Waals surface area contributed by atoms with Crippen molar-refractivity contribution in [3.05, 3.63) is 69.5 Å². The Kier molecular flexibility index (Phi) is 4.39. The third-order valence-corrected chi connectivity index (χ3v) is 3.41. The molecule has 0 saturated carbocycles. The summed E-state index contributed by atoms with van der Waals surface area (Å²) in [6.45, 7) is 0. The van der Waals surface area contributed by atoms with Gasteiger partial charge in [0.15, 0.2) is 5.78 Å². The van der Waals surface area contributed by atoms with Gasteiger partial charge in [-0.3, -0.25) is 4.79 Å². The Hall–Kier alpha value is -1.89. The summed E-state index contributed by atoms with van der Waals surface area (Å²) in [5.41, 5.74) is 0.434. The van der Waals surface area contributed by atoms with E-state index < -0.39 is 17.5 Å². The number of hydrogen-bond donors (Lipinski definition) is 0. The maximum atomic E-state index is 13.4. The van der Waals surface area contributed by atoms with Gasteiger partial charge in [-0.05, 0) is 29.8 Å². The van der Waals surface area contributed by atoms with E-state index in [0.717, 1.165) is 6.07 Å². The lowest BCUT2D eigenvalue weighted by Crippen LogP contribution is -2.12. The first-order valence-electron chi connectivity index (χ1n) is 5.68. The first-order chi connectivity index (χ1) is 9.54. The molecule has 0 aliphatic rings. The topological polar surface area (TPSA) is 40.9 Å². The number of nitriles is 1. The summed E-state index contributed by atoms with van der Waals surface area (Å²) in [5, 5.41) is 9.35. The SMILES string of the molecule is N#CC(C(=O)c1cccc(F)c1Cl)c1cccc(Cl)c1. The molecule has 1 atom stereocenters. The molecular weight excluding hydrogens is 300 g/mol. The van der Waals surface area contributed by atoms with Crippen LogP contribution in [0.5, 0.6) is 0 Å². The highest BCUT2D eigenvalue weighted by atomic mass is 35.5. The van der Waals surface area contributed by atoms with Crippen LogP contribution in [-0.4, -0.2) is 5.78 Å². The first kappa shape index (κ1) is 14.5. The highest BCUT2D eigenvalue weighted by Crippen LogP contribution is 2.27. The van der Waals surface area contributed by atoms with Crippen LogP contribution in [0, 0.1) is 17.1 Å². The summed E-state index contributed by atoms with van der Waals surface area (Å²) in [5.74, 6) is -2.33. The van der Waals surface area contributed by atoms with E-state index in [1.807, 2.05) is 6.07 Å². The van der Waals surface area contributed by atoms with Crippen LogP contribution < -0.4 is 0 Å². The van der Waals surface area contributed by atoms with E-state index in [0.29, 0.717) is 10.6 Å². The zero-order valence-electron chi connectivity index (χ0n) is 10.1. The lowest BCUT2D eigenvalue weighted by molar-refractivity contribution is 0.0978. The van der Waals surface area contributed by atoms with E-state index in [4.69, 9.17) is 23.2 Å². The molecule has 100 valence electrons. The van der Waals surface area contributed by atoms with Gasteiger partial charge >= 0.3 is 0 Å². The number of carbonyl (C=O) groups excluding carboxylic acids is 1. The Bertz CT molecular complexity index is 709. The molecule has 0 aliphatic carbocycles. The van der Waals surface area contributed by atoms with Crippen LogP contribution >= 0.6 is 23.2 Å². The largest absolute Gasteiger partial charge is 0.292 e. The zero-order chi connectivity index (χ0) is 14.7. The molecule has 2 nitrogen and oxygen atoms in total. The number of carbonyl (C=O) groups is 1. The standard InChI is InChI=1S/C15H8Cl2FNO/c16-10-4-1-3-9(7-10)12(8-19)15(20)11-5-2-6-13(18)14(11)17/h1-7,12H. The Morgan fingerprint density at radius 2 is 1.90 bits per heavy atom. The Morgan fingerprint density at radius 1 is 1.20 bits per heavy atom. The second kappa shape index (κ2) is 6.04. The fourth-order valence-corrected chi connectivity index (χ4v) is 2.24. The molecule has 2 aromatic carbocycles. The van der Waals surface area contributed by atoms with Crippen molar-refractivity contribution in [3.8, 4) is 6.07 Å². The summed E-state index contributed by atoms with van der Waals surface area (Å²) >= 11 is 11.6. The second-order valence-electron chi connectivity index (χ2n) is 4.08. The number of nitrogens with zero attached hydrogens (tertiary/aromatic N) is 1. The van der Waals surface area contributed by atoms with Gasteiger partial charge in [-0.15, -0.1) is 0 Å². The number of benzene rings is 2. The fraction of sp³-hybridized carbons (Fsp3) is 0.0667. The van der Waals surface area contributed by atoms with Crippen molar-refractivity contribution >= 4 is 29.0 Å². The molecule has 0 aliphatic heterocycles. The summed E-state index contributed by atoms with van der Waals surface area (Å²) in [6, 6.07) is 12.2. The van der Waals surface area contributed by atoms with Crippen LogP contribution in [0.1, 0.15) is 21.8 Å². The van der Waals surface area contributed by atoms with E-state index in [9.17, 15) is 14.4 Å². The van der Waals surface area contributed by atoms with Gasteiger partial charge in [0, 0.05) is 10.6 Å². The predicted octanol–water partition coefficient (Wildman–Crippen LogP) is 4.62. The van der Waals surface area contributed by atoms with Crippen molar-refractivity contribution in [1.82, 2.24) is 0 Å². The Morgan fingerprint density at radius 3 is 2.55 bits per heavy atom. The molecule has 1 unspecified atom stereocenters. The maximum Gasteiger partial charge on any atom is 0.186 e. The van der Waals surface area contributed by atoms with Crippen molar-refractivity contribution < 1.29 is 9.18 Å². The molecule has 0 spiro atoms. The van der Waals surface area contributed by atoms with Crippen molar-refractivity contribution in [1.29, 1.82) is 5.26 Å². The van der Waals surface area contributed by atoms with Crippen molar-refractivity contribution in [2.45, 2.75) is 5.92 Å². The van der Waals surface area contributed by atoms with Gasteiger partial charge in [-0.2, -0.15) is 5.26 Å². The maximum absolute atomic E-state index is 13.4. The minimum atomic E-state index is -1.08. The van der Waals surface area contributed by atoms with Crippen LogP contribution in [0.25, 0.3) is 0 Å². The molecule has 0 fully saturated rings. The molecule has 2 rings (SSSR count). The number of Topliss-reactive ketones (excluding diaryl/α,β-unsaturated/α-hetero) is 1. The molecule has 0 radical (unpaired) electrons. The average Bonchev–Trinajstić information content (AvgIpc) is 2.42. The van der Waals surface area contributed by atoms with Crippen LogP contribution in [0.15, 0.2) is 42.5 Å². The van der Waals surface area contributed by atoms with Crippen molar-refractivity contribution in [3.63, 3.8) is 0 Å². The molecular formula is C15H8Cl2FNO. The normalized spacial score (nSPS) is 11.7. The summed E-state index contributed by atoms with van der Waals surface area (Å²) in [6.07, 6.45) is 0. The Balaban J connectivity index is 2.45. The van der Waals surface area contributed by atoms with E-state index in [1.165, 1.54) is 18.2 Å². The molecule has 0 bridgehead atoms. The van der Waals surface area contributed by atoms with E-state index in [1.54, 1.807) is 18.2 Å². The lowest BCUT2D eigenvalue weighted by Gasteiger charge is -2.10. The minimum Gasteiger partial charge on any atom is -0.292 e. The molecule has 5 heteroatoms. The number of rotatable bonds is 3. The van der Waals surface area contributed by atoms with Gasteiger partial charge < -0.3 is 0 Å². The average molecular weight is 308 g/mol. The second-order valence-corrected chi connectivity index (χ2v) is 4.90. The number of ketones is 1. The molecule has 0 saturated heterocycles. The van der Waals surface area contributed by atoms with E-state index in [2.05, 4.69) is 0 Å². The van der Waals surface area contributed by atoms with Gasteiger partial charge in [0.25, 0.3) is 0 Å². The molecule has 0 N–H and O–H groups in total. The third kappa shape index (κ3) is 2.82. The van der Waals surface area contributed by atoms with Crippen molar-refractivity contribution in [2.24, 2.45) is 0 Å². The summed E-state index contributed by atoms with van der Waals surface area (Å²) in [4.78, 5) is 12.3. The van der Waals surface area contributed by atoms with Crippen LogP contribution in [0.4, 0.5) is 4.39 Å². The zero-order valence-corrected chi connectivity index (χ0v) is 11.6. The number of hydrogen-bond acceptors (Lipinski definition) is 2. The smallest absolute Gasteiger partial charge is 0.186 e. The van der Waals surface area contributed by atoms with Crippen molar-refractivity contribution in [2.75, 3.05) is 0 Å². The van der Waals surface area contributed by atoms with Crippen LogP contribution in [-0.2, 0) is 0 Å². The predicted molar refractivity (Wildman–Crippen MR) is 75.5 cm³/mol. The summed E-state index contributed by atoms with van der Waals surface area (Å²) in [7, 11) is 0. The van der Waals surface area contributed by atoms with E-state index in [-0.39, 0.29) is 10.6 Å². The van der Waals surface area contributed by atoms with Gasteiger partial charge in [0.1, 0.15) is 11.7 Å². The summed E-state index contributed by atoms with van der Waals surface area (Å²) < 4.78 is 13.4. The minimum absolute atomic E-state index is 0.0156. The highest BCUT2D eigenvalue weighted by molar-refractivity contribution is 6.34. The van der Waals surface area contributed by atoms with E-state index >= 15 is 0 Å². The molecule has 0 heterocycles. The van der Waals surface area contributed by atoms with Crippen LogP contribution in [0.3, 0.4) is 0 Å². The van der Waals surface area contributed by atoms with Gasteiger partial charge in [-0.25, -0.2) is 4.39 Å². The highest BCUT2D eigenvalue weighted by Gasteiger charge is 2.24. The number of halogens is 3. The molecule has 0 amide bonds. The monoisotopic (exact) mass is 307 g/mol. The quantitative estimate of drug-likeness (QED) is 0.776. The van der Waals surface area contributed by atoms with Crippen LogP contribution in [0.2, 0.25) is 10.0 Å². The molecule has 2 aromatic rings. The molecule has 0 aromatic heterocycles. The fourth-order valence-electron chi connectivity index (χ4n) is 1.82. The van der Waals surface area contributed by atoms with Gasteiger partial charge in [0.05, 0.1) is 11.1 Å². The lowest BCUT2D eigenvalue weighted by atomic mass is 9.92. The Labute approximate surface area is 125 Å². The first-order valence-corrected chi connectivity index (χ1v) is 6.43.